The summed E-state index contributed by atoms with van der Waals surface area (Å²) < 4.78 is 4.71. The van der Waals surface area contributed by atoms with E-state index in [1.807, 2.05) is 13.8 Å². The van der Waals surface area contributed by atoms with Gasteiger partial charge in [0.05, 0.1) is 17.5 Å². The largest absolute Gasteiger partial charge is 0.465 e. The van der Waals surface area contributed by atoms with Crippen molar-refractivity contribution in [1.82, 2.24) is 4.90 Å². The van der Waals surface area contributed by atoms with Crippen molar-refractivity contribution in [3.8, 4) is 0 Å². The Morgan fingerprint density at radius 1 is 1.42 bits per heavy atom. The van der Waals surface area contributed by atoms with Gasteiger partial charge in [0.2, 0.25) is 11.8 Å². The number of hydrogen-bond acceptors (Lipinski definition) is 5. The second kappa shape index (κ2) is 6.12. The number of esters is 1. The number of hydrogen-bond donors (Lipinski definition) is 1. The molecular formula is C17H20N2O4S. The molecule has 1 aromatic carbocycles. The Balaban J connectivity index is 1.80. The van der Waals surface area contributed by atoms with E-state index in [2.05, 4.69) is 5.32 Å². The monoisotopic (exact) mass is 348 g/mol. The van der Waals surface area contributed by atoms with Crippen LogP contribution in [0.3, 0.4) is 0 Å². The fourth-order valence-electron chi connectivity index (χ4n) is 3.23. The fourth-order valence-corrected chi connectivity index (χ4v) is 4.66. The van der Waals surface area contributed by atoms with Gasteiger partial charge >= 0.3 is 5.97 Å². The number of carbonyl (C=O) groups is 3. The van der Waals surface area contributed by atoms with E-state index >= 15 is 0 Å². The third kappa shape index (κ3) is 2.77. The summed E-state index contributed by atoms with van der Waals surface area (Å²) in [5.41, 5.74) is 1.78. The lowest BCUT2D eigenvalue weighted by Gasteiger charge is -2.30. The summed E-state index contributed by atoms with van der Waals surface area (Å²) in [6.45, 7) is 3.87. The second-order valence-electron chi connectivity index (χ2n) is 6.28. The van der Waals surface area contributed by atoms with Crippen LogP contribution in [-0.4, -0.2) is 46.5 Å². The first kappa shape index (κ1) is 16.8. The van der Waals surface area contributed by atoms with Crippen LogP contribution in [0.5, 0.6) is 0 Å². The standard InChI is InChI=1S/C17H20N2O4S/c1-10-4-5-11(16(22)23-3)8-12(10)18-15(21)13-9-24-17(2)7-6-14(20)19(13)17/h4-5,8,13H,6-7,9H2,1-3H3,(H,18,21)/t13-,17+/m1/s1. The molecule has 2 heterocycles. The van der Waals surface area contributed by atoms with E-state index in [4.69, 9.17) is 4.74 Å². The van der Waals surface area contributed by atoms with E-state index in [1.54, 1.807) is 34.9 Å². The van der Waals surface area contributed by atoms with Gasteiger partial charge in [-0.3, -0.25) is 9.59 Å². The number of anilines is 1. The van der Waals surface area contributed by atoms with Gasteiger partial charge in [-0.1, -0.05) is 6.07 Å². The average molecular weight is 348 g/mol. The quantitative estimate of drug-likeness (QED) is 0.848. The Morgan fingerprint density at radius 2 is 2.17 bits per heavy atom. The van der Waals surface area contributed by atoms with Crippen molar-refractivity contribution < 1.29 is 19.1 Å². The molecular weight excluding hydrogens is 328 g/mol. The van der Waals surface area contributed by atoms with Gasteiger partial charge in [0.1, 0.15) is 6.04 Å². The summed E-state index contributed by atoms with van der Waals surface area (Å²) in [5, 5.41) is 2.87. The van der Waals surface area contributed by atoms with Crippen molar-refractivity contribution >= 4 is 35.2 Å². The minimum atomic E-state index is -0.476. The van der Waals surface area contributed by atoms with Crippen LogP contribution in [0.15, 0.2) is 18.2 Å². The van der Waals surface area contributed by atoms with Crippen LogP contribution < -0.4 is 5.32 Å². The first-order valence-corrected chi connectivity index (χ1v) is 8.80. The number of ether oxygens (including phenoxy) is 1. The zero-order valence-electron chi connectivity index (χ0n) is 13.9. The molecule has 2 saturated heterocycles. The van der Waals surface area contributed by atoms with Gasteiger partial charge in [-0.25, -0.2) is 4.79 Å². The molecule has 0 radical (unpaired) electrons. The van der Waals surface area contributed by atoms with Crippen molar-refractivity contribution in [3.05, 3.63) is 29.3 Å². The molecule has 6 nitrogen and oxygen atoms in total. The molecule has 7 heteroatoms. The van der Waals surface area contributed by atoms with Gasteiger partial charge in [-0.15, -0.1) is 11.8 Å². The van der Waals surface area contributed by atoms with Crippen LogP contribution in [0.2, 0.25) is 0 Å². The maximum atomic E-state index is 12.7. The van der Waals surface area contributed by atoms with E-state index < -0.39 is 12.0 Å². The van der Waals surface area contributed by atoms with Crippen molar-refractivity contribution in [2.45, 2.75) is 37.6 Å². The Kier molecular flexibility index (Phi) is 4.29. The number of methoxy groups -OCH3 is 1. The minimum absolute atomic E-state index is 0.0303. The SMILES string of the molecule is COC(=O)c1ccc(C)c(NC(=O)[C@H]2CS[C@@]3(C)CCC(=O)N23)c1. The third-order valence-corrected chi connectivity index (χ3v) is 6.17. The number of thioether (sulfide) groups is 1. The number of nitrogens with zero attached hydrogens (tertiary/aromatic N) is 1. The number of fused-ring (bicyclic) bond motifs is 1. The summed E-state index contributed by atoms with van der Waals surface area (Å²) in [6.07, 6.45) is 1.27. The molecule has 2 atom stereocenters. The van der Waals surface area contributed by atoms with Crippen LogP contribution in [0.4, 0.5) is 5.69 Å². The summed E-state index contributed by atoms with van der Waals surface area (Å²) in [5.74, 6) is -0.0532. The first-order chi connectivity index (χ1) is 11.4. The predicted molar refractivity (Wildman–Crippen MR) is 91.9 cm³/mol. The van der Waals surface area contributed by atoms with Crippen molar-refractivity contribution in [2.75, 3.05) is 18.2 Å². The summed E-state index contributed by atoms with van der Waals surface area (Å²) in [6, 6.07) is 4.54. The molecule has 0 aromatic heterocycles. The van der Waals surface area contributed by atoms with E-state index in [1.165, 1.54) is 7.11 Å². The minimum Gasteiger partial charge on any atom is -0.465 e. The molecule has 3 rings (SSSR count). The molecule has 0 bridgehead atoms. The molecule has 1 N–H and O–H groups in total. The number of aryl methyl sites for hydroxylation is 1. The summed E-state index contributed by atoms with van der Waals surface area (Å²) >= 11 is 1.65. The Labute approximate surface area is 144 Å². The normalized spacial score (nSPS) is 25.5. The molecule has 128 valence electrons. The average Bonchev–Trinajstić information content (AvgIpc) is 3.05. The maximum Gasteiger partial charge on any atom is 0.337 e. The van der Waals surface area contributed by atoms with Gasteiger partial charge < -0.3 is 15.0 Å². The summed E-state index contributed by atoms with van der Waals surface area (Å²) in [7, 11) is 1.32. The zero-order valence-corrected chi connectivity index (χ0v) is 14.7. The summed E-state index contributed by atoms with van der Waals surface area (Å²) in [4.78, 5) is 38.0. The molecule has 2 fully saturated rings. The van der Waals surface area contributed by atoms with E-state index in [-0.39, 0.29) is 16.7 Å². The molecule has 0 aliphatic carbocycles. The third-order valence-electron chi connectivity index (χ3n) is 4.66. The van der Waals surface area contributed by atoms with Crippen molar-refractivity contribution in [1.29, 1.82) is 0 Å². The number of rotatable bonds is 3. The van der Waals surface area contributed by atoms with Crippen LogP contribution >= 0.6 is 11.8 Å². The highest BCUT2D eigenvalue weighted by Gasteiger charge is 2.52. The van der Waals surface area contributed by atoms with E-state index in [0.717, 1.165) is 12.0 Å². The smallest absolute Gasteiger partial charge is 0.337 e. The molecule has 0 spiro atoms. The lowest BCUT2D eigenvalue weighted by atomic mass is 10.1. The van der Waals surface area contributed by atoms with Crippen LogP contribution in [-0.2, 0) is 14.3 Å². The van der Waals surface area contributed by atoms with Crippen molar-refractivity contribution in [3.63, 3.8) is 0 Å². The number of amides is 2. The molecule has 2 aliphatic heterocycles. The van der Waals surface area contributed by atoms with E-state index in [9.17, 15) is 14.4 Å². The van der Waals surface area contributed by atoms with Gasteiger partial charge in [0.15, 0.2) is 0 Å². The van der Waals surface area contributed by atoms with E-state index in [0.29, 0.717) is 23.4 Å². The Hall–Kier alpha value is -2.02. The lowest BCUT2D eigenvalue weighted by molar-refractivity contribution is -0.135. The Bertz CT molecular complexity index is 721. The number of benzene rings is 1. The number of nitrogens with one attached hydrogen (secondary N) is 1. The first-order valence-electron chi connectivity index (χ1n) is 7.82. The number of carbonyl (C=O) groups excluding carboxylic acids is 3. The molecule has 0 saturated carbocycles. The molecule has 2 aliphatic rings. The van der Waals surface area contributed by atoms with Crippen LogP contribution in [0.1, 0.15) is 35.7 Å². The Morgan fingerprint density at radius 3 is 2.88 bits per heavy atom. The fraction of sp³-hybridized carbons (Fsp3) is 0.471. The molecule has 24 heavy (non-hydrogen) atoms. The molecule has 0 unspecified atom stereocenters. The van der Waals surface area contributed by atoms with Crippen molar-refractivity contribution in [2.24, 2.45) is 0 Å². The lowest BCUT2D eigenvalue weighted by Crippen LogP contribution is -2.48. The highest BCUT2D eigenvalue weighted by Crippen LogP contribution is 2.47. The topological polar surface area (TPSA) is 75.7 Å². The van der Waals surface area contributed by atoms with Gasteiger partial charge in [0, 0.05) is 17.9 Å². The zero-order chi connectivity index (χ0) is 17.5. The highest BCUT2D eigenvalue weighted by molar-refractivity contribution is 8.01. The van der Waals surface area contributed by atoms with Crippen LogP contribution in [0, 0.1) is 6.92 Å². The van der Waals surface area contributed by atoms with Gasteiger partial charge in [0.25, 0.3) is 0 Å². The highest BCUT2D eigenvalue weighted by atomic mass is 32.2. The second-order valence-corrected chi connectivity index (χ2v) is 7.78. The molecule has 2 amide bonds. The molecule has 1 aromatic rings. The van der Waals surface area contributed by atoms with Gasteiger partial charge in [-0.2, -0.15) is 0 Å². The van der Waals surface area contributed by atoms with Gasteiger partial charge in [-0.05, 0) is 38.0 Å². The van der Waals surface area contributed by atoms with Crippen LogP contribution in [0.25, 0.3) is 0 Å². The predicted octanol–water partition coefficient (Wildman–Crippen LogP) is 2.17. The maximum absolute atomic E-state index is 12.7.